The summed E-state index contributed by atoms with van der Waals surface area (Å²) in [4.78, 5) is 18.3. The lowest BCUT2D eigenvalue weighted by Gasteiger charge is -2.09. The van der Waals surface area contributed by atoms with Gasteiger partial charge in [0.1, 0.15) is 5.75 Å². The van der Waals surface area contributed by atoms with E-state index in [2.05, 4.69) is 20.5 Å². The first-order chi connectivity index (χ1) is 10.6. The Morgan fingerprint density at radius 2 is 2.23 bits per heavy atom. The van der Waals surface area contributed by atoms with Crippen molar-refractivity contribution in [1.29, 1.82) is 0 Å². The Hall–Kier alpha value is -2.63. The van der Waals surface area contributed by atoms with Crippen molar-refractivity contribution >= 4 is 12.2 Å². The molecule has 0 amide bonds. The Bertz CT molecular complexity index is 707. The maximum atomic E-state index is 11.4. The van der Waals surface area contributed by atoms with Crippen LogP contribution in [0.1, 0.15) is 32.0 Å². The van der Waals surface area contributed by atoms with Gasteiger partial charge in [0.05, 0.1) is 12.3 Å². The molecular weight excluding hydrogens is 280 g/mol. The average molecular weight is 300 g/mol. The number of aromatic amines is 1. The smallest absolute Gasteiger partial charge is 0.252 e. The zero-order chi connectivity index (χ0) is 15.9. The molecule has 0 aliphatic heterocycles. The molecular formula is C16H20N4O2. The molecule has 6 heteroatoms. The molecule has 2 aromatic rings. The Kier molecular flexibility index (Phi) is 5.30. The van der Waals surface area contributed by atoms with Gasteiger partial charge in [-0.2, -0.15) is 5.10 Å². The van der Waals surface area contributed by atoms with E-state index in [0.29, 0.717) is 18.1 Å². The van der Waals surface area contributed by atoms with E-state index in [4.69, 9.17) is 4.74 Å². The van der Waals surface area contributed by atoms with Gasteiger partial charge in [0.25, 0.3) is 5.56 Å². The number of benzene rings is 1. The molecule has 0 fully saturated rings. The highest BCUT2D eigenvalue weighted by Crippen LogP contribution is 2.13. The van der Waals surface area contributed by atoms with Crippen LogP contribution in [0.4, 0.5) is 5.95 Å². The van der Waals surface area contributed by atoms with Crippen LogP contribution in [-0.2, 0) is 6.42 Å². The van der Waals surface area contributed by atoms with Crippen LogP contribution < -0.4 is 15.7 Å². The van der Waals surface area contributed by atoms with Gasteiger partial charge in [0.2, 0.25) is 5.95 Å². The van der Waals surface area contributed by atoms with Gasteiger partial charge in [-0.15, -0.1) is 0 Å². The molecule has 22 heavy (non-hydrogen) atoms. The van der Waals surface area contributed by atoms with Crippen LogP contribution in [0.25, 0.3) is 0 Å². The highest BCUT2D eigenvalue weighted by Gasteiger charge is 1.99. The summed E-state index contributed by atoms with van der Waals surface area (Å²) in [6, 6.07) is 9.08. The Balaban J connectivity index is 2.06. The van der Waals surface area contributed by atoms with Crippen LogP contribution in [0.5, 0.6) is 5.75 Å². The number of aryl methyl sites for hydroxylation is 1. The number of nitrogens with zero attached hydrogens (tertiary/aromatic N) is 2. The van der Waals surface area contributed by atoms with Crippen LogP contribution in [-0.4, -0.2) is 22.3 Å². The molecule has 0 unspecified atom stereocenters. The summed E-state index contributed by atoms with van der Waals surface area (Å²) < 4.78 is 5.62. The van der Waals surface area contributed by atoms with Crippen LogP contribution in [0.3, 0.4) is 0 Å². The predicted molar refractivity (Wildman–Crippen MR) is 87.7 cm³/mol. The maximum Gasteiger partial charge on any atom is 0.252 e. The second-order valence-electron chi connectivity index (χ2n) is 5.05. The van der Waals surface area contributed by atoms with E-state index < -0.39 is 0 Å². The monoisotopic (exact) mass is 300 g/mol. The van der Waals surface area contributed by atoms with Crippen LogP contribution >= 0.6 is 0 Å². The van der Waals surface area contributed by atoms with Crippen molar-refractivity contribution in [3.8, 4) is 5.75 Å². The van der Waals surface area contributed by atoms with Crippen molar-refractivity contribution in [2.75, 3.05) is 5.43 Å². The van der Waals surface area contributed by atoms with Crippen molar-refractivity contribution in [3.05, 3.63) is 51.9 Å². The van der Waals surface area contributed by atoms with Gasteiger partial charge in [-0.1, -0.05) is 19.1 Å². The lowest BCUT2D eigenvalue weighted by Crippen LogP contribution is -2.11. The molecule has 0 saturated heterocycles. The molecule has 1 aromatic carbocycles. The van der Waals surface area contributed by atoms with E-state index in [0.717, 1.165) is 11.3 Å². The van der Waals surface area contributed by atoms with E-state index in [-0.39, 0.29) is 11.7 Å². The maximum absolute atomic E-state index is 11.4. The van der Waals surface area contributed by atoms with Crippen molar-refractivity contribution in [2.24, 2.45) is 5.10 Å². The number of rotatable bonds is 6. The minimum Gasteiger partial charge on any atom is -0.491 e. The first-order valence-corrected chi connectivity index (χ1v) is 7.23. The van der Waals surface area contributed by atoms with Gasteiger partial charge >= 0.3 is 0 Å². The average Bonchev–Trinajstić information content (AvgIpc) is 2.46. The number of hydrogen-bond donors (Lipinski definition) is 2. The van der Waals surface area contributed by atoms with Gasteiger partial charge in [-0.05, 0) is 38.0 Å². The van der Waals surface area contributed by atoms with Crippen molar-refractivity contribution in [3.63, 3.8) is 0 Å². The van der Waals surface area contributed by atoms with Crippen molar-refractivity contribution in [2.45, 2.75) is 33.3 Å². The minimum atomic E-state index is -0.197. The van der Waals surface area contributed by atoms with Gasteiger partial charge < -0.3 is 4.74 Å². The topological polar surface area (TPSA) is 79.4 Å². The van der Waals surface area contributed by atoms with Gasteiger partial charge in [-0.3, -0.25) is 9.78 Å². The number of hydrogen-bond acceptors (Lipinski definition) is 5. The lowest BCUT2D eigenvalue weighted by atomic mass is 10.2. The molecule has 0 aliphatic rings. The summed E-state index contributed by atoms with van der Waals surface area (Å²) in [6.45, 7) is 5.89. The molecule has 1 heterocycles. The summed E-state index contributed by atoms with van der Waals surface area (Å²) in [5.41, 5.74) is 4.14. The van der Waals surface area contributed by atoms with E-state index in [9.17, 15) is 4.79 Å². The first-order valence-electron chi connectivity index (χ1n) is 7.23. The third-order valence-corrected chi connectivity index (χ3v) is 2.77. The number of aromatic nitrogens is 2. The van der Waals surface area contributed by atoms with Gasteiger partial charge in [0.15, 0.2) is 0 Å². The Labute approximate surface area is 129 Å². The number of nitrogens with one attached hydrogen (secondary N) is 2. The second-order valence-corrected chi connectivity index (χ2v) is 5.05. The molecule has 1 aromatic heterocycles. The molecule has 0 radical (unpaired) electrons. The van der Waals surface area contributed by atoms with E-state index in [1.54, 1.807) is 6.21 Å². The normalized spacial score (nSPS) is 11.1. The largest absolute Gasteiger partial charge is 0.491 e. The Morgan fingerprint density at radius 1 is 1.41 bits per heavy atom. The fourth-order valence-corrected chi connectivity index (χ4v) is 1.85. The summed E-state index contributed by atoms with van der Waals surface area (Å²) in [7, 11) is 0. The van der Waals surface area contributed by atoms with E-state index in [1.807, 2.05) is 45.0 Å². The highest BCUT2D eigenvalue weighted by molar-refractivity contribution is 5.80. The molecule has 2 rings (SSSR count). The number of anilines is 1. The molecule has 0 atom stereocenters. The molecule has 0 spiro atoms. The summed E-state index contributed by atoms with van der Waals surface area (Å²) in [5, 5.41) is 4.09. The zero-order valence-electron chi connectivity index (χ0n) is 13.0. The van der Waals surface area contributed by atoms with Crippen molar-refractivity contribution in [1.82, 2.24) is 9.97 Å². The second kappa shape index (κ2) is 7.40. The SMILES string of the molecule is CCc1cc(=O)[nH]c(N/N=C\c2cccc(OC(C)C)c2)n1. The molecule has 116 valence electrons. The molecule has 0 aliphatic carbocycles. The van der Waals surface area contributed by atoms with Crippen LogP contribution in [0.15, 0.2) is 40.2 Å². The fraction of sp³-hybridized carbons (Fsp3) is 0.312. The highest BCUT2D eigenvalue weighted by atomic mass is 16.5. The first kappa shape index (κ1) is 15.8. The lowest BCUT2D eigenvalue weighted by molar-refractivity contribution is 0.242. The quantitative estimate of drug-likeness (QED) is 0.635. The fourth-order valence-electron chi connectivity index (χ4n) is 1.85. The summed E-state index contributed by atoms with van der Waals surface area (Å²) in [6.07, 6.45) is 2.46. The minimum absolute atomic E-state index is 0.122. The number of hydrazone groups is 1. The van der Waals surface area contributed by atoms with E-state index in [1.165, 1.54) is 6.07 Å². The molecule has 2 N–H and O–H groups in total. The predicted octanol–water partition coefficient (Wildman–Crippen LogP) is 2.57. The van der Waals surface area contributed by atoms with Crippen LogP contribution in [0, 0.1) is 0 Å². The van der Waals surface area contributed by atoms with Gasteiger partial charge in [-0.25, -0.2) is 10.4 Å². The number of ether oxygens (including phenoxy) is 1. The molecule has 0 saturated carbocycles. The standard InChI is InChI=1S/C16H20N4O2/c1-4-13-9-15(21)19-16(18-13)20-17-10-12-6-5-7-14(8-12)22-11(2)3/h5-11H,4H2,1-3H3,(H2,18,19,20,21)/b17-10-. The molecule has 6 nitrogen and oxygen atoms in total. The summed E-state index contributed by atoms with van der Waals surface area (Å²) in [5.74, 6) is 1.12. The Morgan fingerprint density at radius 3 is 2.95 bits per heavy atom. The van der Waals surface area contributed by atoms with Gasteiger partial charge in [0, 0.05) is 11.8 Å². The number of H-pyrrole nitrogens is 1. The zero-order valence-corrected chi connectivity index (χ0v) is 13.0. The van der Waals surface area contributed by atoms with Crippen molar-refractivity contribution < 1.29 is 4.74 Å². The summed E-state index contributed by atoms with van der Waals surface area (Å²) >= 11 is 0. The van der Waals surface area contributed by atoms with Crippen LogP contribution in [0.2, 0.25) is 0 Å². The van der Waals surface area contributed by atoms with E-state index >= 15 is 0 Å². The third kappa shape index (κ3) is 4.73. The molecule has 0 bridgehead atoms. The third-order valence-electron chi connectivity index (χ3n) is 2.77.